The number of hydrogen-bond donors (Lipinski definition) is 1. The minimum absolute atomic E-state index is 0.0461. The fraction of sp³-hybridized carbons (Fsp3) is 0.643. The molecule has 1 heterocycles. The van der Waals surface area contributed by atoms with E-state index in [0.29, 0.717) is 23.8 Å². The number of carbonyl (C=O) groups excluding carboxylic acids is 1. The molecule has 1 aromatic heterocycles. The van der Waals surface area contributed by atoms with Crippen molar-refractivity contribution in [2.45, 2.75) is 13.8 Å². The molecule has 6 heteroatoms. The quantitative estimate of drug-likeness (QED) is 0.709. The molecule has 0 unspecified atom stereocenters. The average Bonchev–Trinajstić information content (AvgIpc) is 2.79. The summed E-state index contributed by atoms with van der Waals surface area (Å²) in [4.78, 5) is 14.9. The van der Waals surface area contributed by atoms with Crippen LogP contribution < -0.4 is 10.6 Å². The van der Waals surface area contributed by atoms with Gasteiger partial charge in [0, 0.05) is 33.2 Å². The van der Waals surface area contributed by atoms with Crippen molar-refractivity contribution in [1.82, 2.24) is 0 Å². The van der Waals surface area contributed by atoms with Gasteiger partial charge in [0.05, 0.1) is 28.8 Å². The lowest BCUT2D eigenvalue weighted by atomic mass is 10.1. The predicted molar refractivity (Wildman–Crippen MR) is 83.9 cm³/mol. The number of ether oxygens (including phenoxy) is 2. The largest absolute Gasteiger partial charge is 0.397 e. The van der Waals surface area contributed by atoms with Gasteiger partial charge in [-0.1, -0.05) is 13.8 Å². The summed E-state index contributed by atoms with van der Waals surface area (Å²) in [7, 11) is 3.34. The molecule has 0 aliphatic rings. The summed E-state index contributed by atoms with van der Waals surface area (Å²) in [5.41, 5.74) is 6.53. The van der Waals surface area contributed by atoms with Crippen LogP contribution >= 0.6 is 11.3 Å². The third-order valence-electron chi connectivity index (χ3n) is 2.94. The average molecular weight is 300 g/mol. The number of rotatable bonds is 9. The molecule has 5 nitrogen and oxygen atoms in total. The molecule has 0 saturated heterocycles. The monoisotopic (exact) mass is 300 g/mol. The highest BCUT2D eigenvalue weighted by atomic mass is 32.1. The summed E-state index contributed by atoms with van der Waals surface area (Å²) < 4.78 is 10.2. The third-order valence-corrected chi connectivity index (χ3v) is 4.16. The molecule has 0 spiro atoms. The van der Waals surface area contributed by atoms with E-state index in [2.05, 4.69) is 4.90 Å². The fourth-order valence-electron chi connectivity index (χ4n) is 1.74. The van der Waals surface area contributed by atoms with Crippen LogP contribution in [-0.4, -0.2) is 46.3 Å². The van der Waals surface area contributed by atoms with Crippen molar-refractivity contribution in [2.24, 2.45) is 5.92 Å². The molecule has 0 aliphatic carbocycles. The Kier molecular flexibility index (Phi) is 6.98. The maximum atomic E-state index is 12.1. The maximum absolute atomic E-state index is 12.1. The van der Waals surface area contributed by atoms with Gasteiger partial charge in [-0.15, -0.1) is 11.3 Å². The van der Waals surface area contributed by atoms with Crippen molar-refractivity contribution in [1.29, 1.82) is 0 Å². The molecule has 1 aromatic rings. The van der Waals surface area contributed by atoms with Gasteiger partial charge < -0.3 is 20.1 Å². The topological polar surface area (TPSA) is 64.8 Å². The number of thiophene rings is 1. The lowest BCUT2D eigenvalue weighted by Crippen LogP contribution is -2.29. The Labute approximate surface area is 124 Å². The molecule has 0 bridgehead atoms. The second-order valence-corrected chi connectivity index (χ2v) is 5.89. The Bertz CT molecular complexity index is 424. The number of carbonyl (C=O) groups is 1. The van der Waals surface area contributed by atoms with Crippen molar-refractivity contribution < 1.29 is 14.3 Å². The van der Waals surface area contributed by atoms with Gasteiger partial charge in [0.2, 0.25) is 0 Å². The second-order valence-electron chi connectivity index (χ2n) is 4.86. The zero-order chi connectivity index (χ0) is 15.1. The maximum Gasteiger partial charge on any atom is 0.177 e. The van der Waals surface area contributed by atoms with Crippen LogP contribution in [0.15, 0.2) is 6.07 Å². The first-order valence-corrected chi connectivity index (χ1v) is 7.49. The molecule has 0 aliphatic heterocycles. The highest BCUT2D eigenvalue weighted by molar-refractivity contribution is 7.18. The van der Waals surface area contributed by atoms with Crippen LogP contribution in [0.3, 0.4) is 0 Å². The van der Waals surface area contributed by atoms with E-state index in [-0.39, 0.29) is 11.7 Å². The van der Waals surface area contributed by atoms with Gasteiger partial charge in [0.1, 0.15) is 0 Å². The smallest absolute Gasteiger partial charge is 0.177 e. The molecule has 114 valence electrons. The van der Waals surface area contributed by atoms with Crippen LogP contribution in [0.4, 0.5) is 10.7 Å². The summed E-state index contributed by atoms with van der Waals surface area (Å²) in [6.07, 6.45) is 0. The first kappa shape index (κ1) is 16.9. The van der Waals surface area contributed by atoms with E-state index in [0.717, 1.165) is 18.1 Å². The number of nitrogens with zero attached hydrogens (tertiary/aromatic N) is 1. The number of nitrogens with two attached hydrogens (primary N) is 1. The van der Waals surface area contributed by atoms with Crippen LogP contribution in [-0.2, 0) is 9.47 Å². The van der Waals surface area contributed by atoms with Crippen molar-refractivity contribution in [3.63, 3.8) is 0 Å². The first-order valence-electron chi connectivity index (χ1n) is 6.67. The summed E-state index contributed by atoms with van der Waals surface area (Å²) in [6.45, 7) is 6.50. The molecular formula is C14H24N2O3S. The predicted octanol–water partition coefficient (Wildman–Crippen LogP) is 2.27. The summed E-state index contributed by atoms with van der Waals surface area (Å²) in [5.74, 6) is 0.0485. The Morgan fingerprint density at radius 3 is 2.30 bits per heavy atom. The highest BCUT2D eigenvalue weighted by Crippen LogP contribution is 2.33. The fourth-order valence-corrected chi connectivity index (χ4v) is 2.96. The molecule has 0 amide bonds. The van der Waals surface area contributed by atoms with Gasteiger partial charge in [-0.25, -0.2) is 0 Å². The molecule has 0 fully saturated rings. The molecule has 20 heavy (non-hydrogen) atoms. The van der Waals surface area contributed by atoms with Crippen molar-refractivity contribution in [3.05, 3.63) is 10.9 Å². The van der Waals surface area contributed by atoms with Crippen LogP contribution in [0, 0.1) is 5.92 Å². The number of hydrogen-bond acceptors (Lipinski definition) is 6. The first-order chi connectivity index (χ1) is 9.51. The molecule has 0 radical (unpaired) electrons. The highest BCUT2D eigenvalue weighted by Gasteiger charge is 2.19. The van der Waals surface area contributed by atoms with E-state index in [1.807, 2.05) is 19.9 Å². The van der Waals surface area contributed by atoms with Crippen molar-refractivity contribution >= 4 is 27.8 Å². The van der Waals surface area contributed by atoms with Gasteiger partial charge in [-0.05, 0) is 6.07 Å². The number of ketones is 1. The zero-order valence-corrected chi connectivity index (χ0v) is 13.5. The van der Waals surface area contributed by atoms with Crippen LogP contribution in [0.2, 0.25) is 0 Å². The van der Waals surface area contributed by atoms with Crippen molar-refractivity contribution in [3.8, 4) is 0 Å². The zero-order valence-electron chi connectivity index (χ0n) is 12.6. The van der Waals surface area contributed by atoms with Crippen LogP contribution in [0.5, 0.6) is 0 Å². The van der Waals surface area contributed by atoms with Gasteiger partial charge in [0.25, 0.3) is 0 Å². The van der Waals surface area contributed by atoms with E-state index < -0.39 is 0 Å². The van der Waals surface area contributed by atoms with E-state index in [1.165, 1.54) is 11.3 Å². The molecule has 0 saturated carbocycles. The third kappa shape index (κ3) is 4.47. The van der Waals surface area contributed by atoms with Crippen molar-refractivity contribution in [2.75, 3.05) is 51.2 Å². The van der Waals surface area contributed by atoms with E-state index in [4.69, 9.17) is 15.2 Å². The molecular weight excluding hydrogens is 276 g/mol. The Morgan fingerprint density at radius 2 is 1.85 bits per heavy atom. The number of anilines is 2. The standard InChI is InChI=1S/C14H24N2O3S/c1-10(2)13(17)14-11(15)9-12(20-14)16(5-7-18-3)6-8-19-4/h9-10H,5-8,15H2,1-4H3. The molecule has 0 atom stereocenters. The van der Waals surface area contributed by atoms with E-state index in [1.54, 1.807) is 14.2 Å². The summed E-state index contributed by atoms with van der Waals surface area (Å²) in [6, 6.07) is 1.87. The van der Waals surface area contributed by atoms with E-state index in [9.17, 15) is 4.79 Å². The minimum atomic E-state index is -0.0461. The van der Waals surface area contributed by atoms with E-state index >= 15 is 0 Å². The SMILES string of the molecule is COCCN(CCOC)c1cc(N)c(C(=O)C(C)C)s1. The Morgan fingerprint density at radius 1 is 1.30 bits per heavy atom. The van der Waals surface area contributed by atoms with Crippen LogP contribution in [0.1, 0.15) is 23.5 Å². The number of Topliss-reactive ketones (excluding diaryl/α,β-unsaturated/α-hetero) is 1. The Balaban J connectivity index is 2.90. The normalized spacial score (nSPS) is 11.1. The van der Waals surface area contributed by atoms with Crippen LogP contribution in [0.25, 0.3) is 0 Å². The molecule has 0 aromatic carbocycles. The van der Waals surface area contributed by atoms with Gasteiger partial charge >= 0.3 is 0 Å². The second kappa shape index (κ2) is 8.24. The minimum Gasteiger partial charge on any atom is -0.397 e. The number of nitrogen functional groups attached to an aromatic ring is 1. The van der Waals surface area contributed by atoms with Gasteiger partial charge in [-0.2, -0.15) is 0 Å². The number of methoxy groups -OCH3 is 2. The Hall–Kier alpha value is -1.11. The van der Waals surface area contributed by atoms with Gasteiger partial charge in [0.15, 0.2) is 5.78 Å². The summed E-state index contributed by atoms with van der Waals surface area (Å²) in [5, 5.41) is 0.987. The summed E-state index contributed by atoms with van der Waals surface area (Å²) >= 11 is 1.45. The molecule has 2 N–H and O–H groups in total. The lowest BCUT2D eigenvalue weighted by molar-refractivity contribution is 0.0944. The van der Waals surface area contributed by atoms with Gasteiger partial charge in [-0.3, -0.25) is 4.79 Å². The molecule has 1 rings (SSSR count). The lowest BCUT2D eigenvalue weighted by Gasteiger charge is -2.22.